The predicted octanol–water partition coefficient (Wildman–Crippen LogP) is 2.29. The number of carbonyl (C=O) groups excluding carboxylic acids is 1. The molecule has 2 aromatic rings. The molecule has 1 aromatic heterocycles. The number of carbonyl (C=O) groups is 1. The van der Waals surface area contributed by atoms with E-state index in [9.17, 15) is 9.90 Å². The van der Waals surface area contributed by atoms with Crippen molar-refractivity contribution >= 4 is 11.7 Å². The van der Waals surface area contributed by atoms with Gasteiger partial charge in [-0.15, -0.1) is 10.2 Å². The number of anilines is 1. The fourth-order valence-electron chi connectivity index (χ4n) is 2.55. The van der Waals surface area contributed by atoms with Gasteiger partial charge in [0.2, 0.25) is 11.8 Å². The van der Waals surface area contributed by atoms with Gasteiger partial charge in [0.05, 0.1) is 6.10 Å². The van der Waals surface area contributed by atoms with E-state index < -0.39 is 6.10 Å². The van der Waals surface area contributed by atoms with Crippen LogP contribution in [0.3, 0.4) is 0 Å². The number of likely N-dealkylation sites (tertiary alicyclic amines) is 1. The highest BCUT2D eigenvalue weighted by Gasteiger charge is 2.22. The molecule has 1 aliphatic rings. The fourth-order valence-corrected chi connectivity index (χ4v) is 2.55. The molecule has 2 amide bonds. The van der Waals surface area contributed by atoms with Crippen molar-refractivity contribution in [3.63, 3.8) is 0 Å². The summed E-state index contributed by atoms with van der Waals surface area (Å²) in [5.41, 5.74) is 1.50. The quantitative estimate of drug-likeness (QED) is 0.906. The number of aliphatic hydroxyl groups excluding tert-OH is 1. The molecule has 1 atom stereocenters. The van der Waals surface area contributed by atoms with Crippen molar-refractivity contribution in [2.75, 3.05) is 18.4 Å². The molecule has 0 radical (unpaired) electrons. The number of hydrogen-bond acceptors (Lipinski definition) is 5. The van der Waals surface area contributed by atoms with Gasteiger partial charge in [0.15, 0.2) is 0 Å². The highest BCUT2D eigenvalue weighted by Crippen LogP contribution is 2.21. The summed E-state index contributed by atoms with van der Waals surface area (Å²) in [5, 5.41) is 20.4. The van der Waals surface area contributed by atoms with Crippen LogP contribution in [-0.2, 0) is 6.42 Å². The Kier molecular flexibility index (Phi) is 4.57. The van der Waals surface area contributed by atoms with E-state index in [0.29, 0.717) is 37.0 Å². The number of rotatable bonds is 3. The third kappa shape index (κ3) is 3.68. The smallest absolute Gasteiger partial charge is 0.321 e. The second kappa shape index (κ2) is 6.78. The average Bonchev–Trinajstić information content (AvgIpc) is 3.04. The first-order valence-electron chi connectivity index (χ1n) is 7.82. The number of urea groups is 1. The van der Waals surface area contributed by atoms with Crippen LogP contribution in [0.15, 0.2) is 28.7 Å². The molecule has 1 unspecified atom stereocenters. The number of aromatic nitrogens is 2. The van der Waals surface area contributed by atoms with Crippen molar-refractivity contribution in [2.45, 2.75) is 32.3 Å². The van der Waals surface area contributed by atoms with Gasteiger partial charge in [-0.1, -0.05) is 6.92 Å². The van der Waals surface area contributed by atoms with Crippen molar-refractivity contribution in [2.24, 2.45) is 0 Å². The summed E-state index contributed by atoms with van der Waals surface area (Å²) in [4.78, 5) is 13.8. The van der Waals surface area contributed by atoms with Crippen LogP contribution in [0.1, 0.15) is 25.7 Å². The molecule has 0 saturated carbocycles. The molecule has 7 nitrogen and oxygen atoms in total. The summed E-state index contributed by atoms with van der Waals surface area (Å²) in [5.74, 6) is 1.07. The van der Waals surface area contributed by atoms with Gasteiger partial charge in [0, 0.05) is 30.8 Å². The van der Waals surface area contributed by atoms with Crippen LogP contribution in [0, 0.1) is 0 Å². The maximum Gasteiger partial charge on any atom is 0.321 e. The Balaban J connectivity index is 1.64. The Hall–Kier alpha value is -2.41. The minimum absolute atomic E-state index is 0.192. The summed E-state index contributed by atoms with van der Waals surface area (Å²) in [6, 6.07) is 7.05. The van der Waals surface area contributed by atoms with Crippen molar-refractivity contribution in [3.8, 4) is 11.5 Å². The lowest BCUT2D eigenvalue weighted by Crippen LogP contribution is -2.44. The molecule has 23 heavy (non-hydrogen) atoms. The molecule has 2 N–H and O–H groups in total. The summed E-state index contributed by atoms with van der Waals surface area (Å²) in [6.07, 6.45) is 1.84. The summed E-state index contributed by atoms with van der Waals surface area (Å²) in [7, 11) is 0. The minimum atomic E-state index is -0.429. The Labute approximate surface area is 134 Å². The molecule has 0 aliphatic carbocycles. The molecule has 0 bridgehead atoms. The molecule has 1 aliphatic heterocycles. The fraction of sp³-hybridized carbons (Fsp3) is 0.438. The maximum atomic E-state index is 12.2. The monoisotopic (exact) mass is 316 g/mol. The number of nitrogens with zero attached hydrogens (tertiary/aromatic N) is 3. The average molecular weight is 316 g/mol. The van der Waals surface area contributed by atoms with E-state index >= 15 is 0 Å². The van der Waals surface area contributed by atoms with E-state index in [0.717, 1.165) is 18.4 Å². The SMILES string of the molecule is CCc1nnc(-c2ccc(NC(=O)N3CCCC(O)C3)cc2)o1. The normalized spacial score (nSPS) is 18.0. The number of benzene rings is 1. The van der Waals surface area contributed by atoms with E-state index in [1.165, 1.54) is 0 Å². The zero-order valence-corrected chi connectivity index (χ0v) is 13.0. The lowest BCUT2D eigenvalue weighted by atomic mass is 10.1. The number of amides is 2. The first-order chi connectivity index (χ1) is 11.2. The number of hydrogen-bond donors (Lipinski definition) is 2. The molecule has 3 rings (SSSR count). The first-order valence-corrected chi connectivity index (χ1v) is 7.82. The summed E-state index contributed by atoms with van der Waals surface area (Å²) < 4.78 is 5.50. The number of aliphatic hydroxyl groups is 1. The van der Waals surface area contributed by atoms with Crippen LogP contribution in [0.4, 0.5) is 10.5 Å². The van der Waals surface area contributed by atoms with Gasteiger partial charge in [-0.3, -0.25) is 0 Å². The zero-order chi connectivity index (χ0) is 16.2. The Morgan fingerprint density at radius 3 is 2.83 bits per heavy atom. The van der Waals surface area contributed by atoms with Crippen LogP contribution >= 0.6 is 0 Å². The van der Waals surface area contributed by atoms with Gasteiger partial charge in [0.25, 0.3) is 0 Å². The highest BCUT2D eigenvalue weighted by molar-refractivity contribution is 5.89. The van der Waals surface area contributed by atoms with E-state index in [1.54, 1.807) is 17.0 Å². The number of piperidine rings is 1. The third-order valence-corrected chi connectivity index (χ3v) is 3.84. The second-order valence-electron chi connectivity index (χ2n) is 5.60. The highest BCUT2D eigenvalue weighted by atomic mass is 16.4. The van der Waals surface area contributed by atoms with Gasteiger partial charge in [-0.2, -0.15) is 0 Å². The Morgan fingerprint density at radius 2 is 2.17 bits per heavy atom. The second-order valence-corrected chi connectivity index (χ2v) is 5.60. The standard InChI is InChI=1S/C16H20N4O3/c1-2-14-18-19-15(23-14)11-5-7-12(8-6-11)17-16(22)20-9-3-4-13(21)10-20/h5-8,13,21H,2-4,9-10H2,1H3,(H,17,22). The van der Waals surface area contributed by atoms with E-state index in [2.05, 4.69) is 15.5 Å². The van der Waals surface area contributed by atoms with Gasteiger partial charge in [-0.25, -0.2) is 4.79 Å². The minimum Gasteiger partial charge on any atom is -0.421 e. The van der Waals surface area contributed by atoms with Crippen LogP contribution in [0.5, 0.6) is 0 Å². The van der Waals surface area contributed by atoms with Crippen LogP contribution in [0.25, 0.3) is 11.5 Å². The molecule has 0 spiro atoms. The third-order valence-electron chi connectivity index (χ3n) is 3.84. The molecule has 7 heteroatoms. The summed E-state index contributed by atoms with van der Waals surface area (Å²) in [6.45, 7) is 3.00. The molecule has 2 heterocycles. The van der Waals surface area contributed by atoms with Crippen LogP contribution in [0.2, 0.25) is 0 Å². The first kappa shape index (κ1) is 15.5. The largest absolute Gasteiger partial charge is 0.421 e. The molecule has 1 saturated heterocycles. The van der Waals surface area contributed by atoms with E-state index in [-0.39, 0.29) is 6.03 Å². The Bertz CT molecular complexity index is 668. The number of β-amino-alcohol motifs (C(OH)–C–C–N with tert-alkyl or cyclic N) is 1. The molecule has 1 fully saturated rings. The van der Waals surface area contributed by atoms with E-state index in [4.69, 9.17) is 4.42 Å². The number of aryl methyl sites for hydroxylation is 1. The van der Waals surface area contributed by atoms with Gasteiger partial charge in [-0.05, 0) is 37.1 Å². The zero-order valence-electron chi connectivity index (χ0n) is 13.0. The van der Waals surface area contributed by atoms with Crippen molar-refractivity contribution in [1.29, 1.82) is 0 Å². The van der Waals surface area contributed by atoms with Crippen molar-refractivity contribution in [3.05, 3.63) is 30.2 Å². The van der Waals surface area contributed by atoms with Crippen LogP contribution in [-0.4, -0.2) is 45.4 Å². The van der Waals surface area contributed by atoms with Crippen molar-refractivity contribution < 1.29 is 14.3 Å². The molecular weight excluding hydrogens is 296 g/mol. The lowest BCUT2D eigenvalue weighted by Gasteiger charge is -2.30. The van der Waals surface area contributed by atoms with Gasteiger partial charge in [0.1, 0.15) is 0 Å². The molecule has 1 aromatic carbocycles. The lowest BCUT2D eigenvalue weighted by molar-refractivity contribution is 0.0883. The van der Waals surface area contributed by atoms with Gasteiger partial charge >= 0.3 is 6.03 Å². The predicted molar refractivity (Wildman–Crippen MR) is 84.9 cm³/mol. The van der Waals surface area contributed by atoms with Crippen LogP contribution < -0.4 is 5.32 Å². The van der Waals surface area contributed by atoms with E-state index in [1.807, 2.05) is 19.1 Å². The Morgan fingerprint density at radius 1 is 1.39 bits per heavy atom. The van der Waals surface area contributed by atoms with Crippen molar-refractivity contribution in [1.82, 2.24) is 15.1 Å². The topological polar surface area (TPSA) is 91.5 Å². The molecular formula is C16H20N4O3. The van der Waals surface area contributed by atoms with Gasteiger partial charge < -0.3 is 19.7 Å². The maximum absolute atomic E-state index is 12.2. The molecule has 122 valence electrons. The number of nitrogens with one attached hydrogen (secondary N) is 1. The summed E-state index contributed by atoms with van der Waals surface area (Å²) >= 11 is 0.